The van der Waals surface area contributed by atoms with Crippen LogP contribution >= 0.6 is 0 Å². The number of carbonyl (C=O) groups excluding carboxylic acids is 1. The zero-order valence-electron chi connectivity index (χ0n) is 11.7. The van der Waals surface area contributed by atoms with Crippen molar-refractivity contribution in [1.29, 1.82) is 0 Å². The molecule has 99 valence electrons. The Labute approximate surface area is 121 Å². The summed E-state index contributed by atoms with van der Waals surface area (Å²) in [6.07, 6.45) is 9.92. The predicted octanol–water partition coefficient (Wildman–Crippen LogP) is 4.17. The van der Waals surface area contributed by atoms with Gasteiger partial charge in [-0.2, -0.15) is 0 Å². The van der Waals surface area contributed by atoms with Crippen LogP contribution in [0, 0.1) is 5.41 Å². The van der Waals surface area contributed by atoms with Crippen molar-refractivity contribution in [1.82, 2.24) is 0 Å². The second-order valence-corrected chi connectivity index (χ2v) is 5.56. The minimum absolute atomic E-state index is 0.0612. The Bertz CT molecular complexity index is 183. The first-order chi connectivity index (χ1) is 8.16. The van der Waals surface area contributed by atoms with Gasteiger partial charge in [0.25, 0.3) is 0 Å². The summed E-state index contributed by atoms with van der Waals surface area (Å²) in [4.78, 5) is 12.2. The molecule has 0 rings (SSSR count). The van der Waals surface area contributed by atoms with Gasteiger partial charge in [-0.25, -0.2) is 0 Å². The second-order valence-electron chi connectivity index (χ2n) is 4.98. The molecule has 0 atom stereocenters. The second kappa shape index (κ2) is 10.2. The van der Waals surface area contributed by atoms with E-state index in [1.165, 1.54) is 0 Å². The van der Waals surface area contributed by atoms with Gasteiger partial charge in [-0.05, 0) is 0 Å². The van der Waals surface area contributed by atoms with Crippen LogP contribution in [0.4, 0.5) is 0 Å². The molecule has 0 aliphatic carbocycles. The summed E-state index contributed by atoms with van der Waals surface area (Å²) >= 11 is 0.882. The number of hydrogen-bond donors (Lipinski definition) is 0. The summed E-state index contributed by atoms with van der Waals surface area (Å²) < 4.78 is 5.16. The molecule has 3 radical (unpaired) electrons. The molecular weight excluding hydrogens is 319 g/mol. The first-order valence-corrected chi connectivity index (χ1v) is 8.21. The van der Waals surface area contributed by atoms with E-state index in [1.54, 1.807) is 0 Å². The quantitative estimate of drug-likeness (QED) is 0.555. The van der Waals surface area contributed by atoms with Gasteiger partial charge in [0.05, 0.1) is 0 Å². The van der Waals surface area contributed by atoms with Crippen molar-refractivity contribution in [3.05, 3.63) is 0 Å². The molecule has 0 aromatic rings. The van der Waals surface area contributed by atoms with E-state index in [9.17, 15) is 4.79 Å². The van der Waals surface area contributed by atoms with Gasteiger partial charge in [-0.15, -0.1) is 0 Å². The Kier molecular flexibility index (Phi) is 10.4. The van der Waals surface area contributed by atoms with E-state index >= 15 is 0 Å². The molecule has 0 heterocycles. The zero-order valence-corrected chi connectivity index (χ0v) is 14.5. The molecule has 0 aromatic heterocycles. The van der Waals surface area contributed by atoms with Crippen LogP contribution in [0.1, 0.15) is 78.6 Å². The van der Waals surface area contributed by atoms with Crippen molar-refractivity contribution in [2.45, 2.75) is 78.6 Å². The van der Waals surface area contributed by atoms with Crippen LogP contribution in [0.3, 0.4) is 0 Å². The third kappa shape index (κ3) is 6.12. The summed E-state index contributed by atoms with van der Waals surface area (Å²) in [6, 6.07) is 0. The number of unbranched alkanes of at least 4 members (excludes halogenated alkanes) is 3. The van der Waals surface area contributed by atoms with Gasteiger partial charge in [-0.1, -0.05) is 0 Å². The Morgan fingerprint density at radius 1 is 0.941 bits per heavy atom. The summed E-state index contributed by atoms with van der Waals surface area (Å²) in [5, 5.41) is 0. The van der Waals surface area contributed by atoms with Gasteiger partial charge in [-0.3, -0.25) is 0 Å². The molecule has 0 fully saturated rings. The Morgan fingerprint density at radius 2 is 1.29 bits per heavy atom. The maximum absolute atomic E-state index is 12.2. The summed E-state index contributed by atoms with van der Waals surface area (Å²) in [7, 11) is 0. The van der Waals surface area contributed by atoms with E-state index in [2.05, 4.69) is 20.8 Å². The molecule has 0 unspecified atom stereocenters. The van der Waals surface area contributed by atoms with E-state index in [0.29, 0.717) is 0 Å². The van der Waals surface area contributed by atoms with Crippen LogP contribution < -0.4 is 0 Å². The van der Waals surface area contributed by atoms with Gasteiger partial charge in [0.1, 0.15) is 0 Å². The summed E-state index contributed by atoms with van der Waals surface area (Å²) in [6.45, 7) is 6.56. The van der Waals surface area contributed by atoms with E-state index in [4.69, 9.17) is 3.07 Å². The molecule has 0 bridgehead atoms. The van der Waals surface area contributed by atoms with E-state index in [0.717, 1.165) is 80.7 Å². The van der Waals surface area contributed by atoms with E-state index in [-0.39, 0.29) is 11.4 Å². The molecule has 0 aliphatic heterocycles. The maximum atomic E-state index is 12.2. The summed E-state index contributed by atoms with van der Waals surface area (Å²) in [5.41, 5.74) is -0.175. The van der Waals surface area contributed by atoms with E-state index < -0.39 is 0 Å². The van der Waals surface area contributed by atoms with Crippen molar-refractivity contribution in [3.63, 3.8) is 0 Å². The molecule has 3 heteroatoms. The molecule has 0 spiro atoms. The number of hydrogen-bond acceptors (Lipinski definition) is 2. The standard InChI is InChI=1S/C14H28O2.Sn/c1-4-7-10-14(13(15)16,11-8-5-2)12-9-6-3;/h4-12H2,1-3H3,(H,15,16);/q;+1/p-1. The monoisotopic (exact) mass is 347 g/mol. The molecule has 2 nitrogen and oxygen atoms in total. The molecule has 0 aliphatic rings. The molecule has 17 heavy (non-hydrogen) atoms. The number of rotatable bonds is 10. The Morgan fingerprint density at radius 3 is 1.53 bits per heavy atom. The molecule has 0 N–H and O–H groups in total. The first-order valence-electron chi connectivity index (χ1n) is 7.04. The molecule has 0 amide bonds. The van der Waals surface area contributed by atoms with Gasteiger partial charge >= 0.3 is 121 Å². The SMILES string of the molecule is CCCCC(CCCC)(CCCC)C(=O)[O][Sn]. The van der Waals surface area contributed by atoms with Crippen LogP contribution in [0.2, 0.25) is 0 Å². The Balaban J connectivity index is 4.70. The van der Waals surface area contributed by atoms with Crippen LogP contribution in [0.25, 0.3) is 0 Å². The van der Waals surface area contributed by atoms with Crippen LogP contribution in [0.15, 0.2) is 0 Å². The van der Waals surface area contributed by atoms with E-state index in [1.807, 2.05) is 0 Å². The fourth-order valence-electron chi connectivity index (χ4n) is 2.33. The third-order valence-corrected chi connectivity index (χ3v) is 4.08. The van der Waals surface area contributed by atoms with Crippen molar-refractivity contribution < 1.29 is 7.87 Å². The van der Waals surface area contributed by atoms with Gasteiger partial charge < -0.3 is 0 Å². The Hall–Kier alpha value is 0.269. The average Bonchev–Trinajstić information content (AvgIpc) is 2.37. The third-order valence-electron chi connectivity index (χ3n) is 3.55. The predicted molar refractivity (Wildman–Crippen MR) is 72.9 cm³/mol. The van der Waals surface area contributed by atoms with Gasteiger partial charge in [0.15, 0.2) is 0 Å². The number of carbonyl (C=O) groups is 1. The topological polar surface area (TPSA) is 26.3 Å². The van der Waals surface area contributed by atoms with Crippen molar-refractivity contribution in [2.24, 2.45) is 5.41 Å². The fraction of sp³-hybridized carbons (Fsp3) is 0.929. The van der Waals surface area contributed by atoms with Crippen molar-refractivity contribution >= 4 is 28.9 Å². The summed E-state index contributed by atoms with van der Waals surface area (Å²) in [5.74, 6) is 0.0612. The fourth-order valence-corrected chi connectivity index (χ4v) is 2.95. The van der Waals surface area contributed by atoms with Gasteiger partial charge in [0.2, 0.25) is 0 Å². The molecule has 0 aromatic carbocycles. The van der Waals surface area contributed by atoms with Crippen LogP contribution in [-0.4, -0.2) is 28.9 Å². The van der Waals surface area contributed by atoms with Gasteiger partial charge in [0, 0.05) is 0 Å². The van der Waals surface area contributed by atoms with Crippen LogP contribution in [-0.2, 0) is 7.87 Å². The minimum atomic E-state index is -0.175. The normalized spacial score (nSPS) is 11.5. The first kappa shape index (κ1) is 17.3. The zero-order chi connectivity index (χ0) is 13.1. The molecular formula is C14H27O2Sn. The van der Waals surface area contributed by atoms with Crippen molar-refractivity contribution in [2.75, 3.05) is 0 Å². The van der Waals surface area contributed by atoms with Crippen LogP contribution in [0.5, 0.6) is 0 Å². The van der Waals surface area contributed by atoms with Crippen molar-refractivity contribution in [3.8, 4) is 0 Å². The average molecular weight is 346 g/mol. The molecule has 0 saturated carbocycles. The molecule has 0 saturated heterocycles.